The topological polar surface area (TPSA) is 55.8 Å². The maximum Gasteiger partial charge on any atom is 0.311 e. The van der Waals surface area contributed by atoms with Crippen LogP contribution < -0.4 is 0 Å². The first-order valence-corrected chi connectivity index (χ1v) is 8.05. The van der Waals surface area contributed by atoms with Crippen molar-refractivity contribution >= 4 is 11.9 Å². The summed E-state index contributed by atoms with van der Waals surface area (Å²) in [6, 6.07) is 9.81. The van der Waals surface area contributed by atoms with Crippen molar-refractivity contribution in [3.63, 3.8) is 0 Å². The molecule has 1 fully saturated rings. The lowest BCUT2D eigenvalue weighted by Crippen LogP contribution is -2.63. The molecule has 0 bridgehead atoms. The molecule has 0 saturated heterocycles. The van der Waals surface area contributed by atoms with E-state index in [1.807, 2.05) is 30.3 Å². The fourth-order valence-electron chi connectivity index (χ4n) is 3.76. The second-order valence-corrected chi connectivity index (χ2v) is 5.75. The predicted molar refractivity (Wildman–Crippen MR) is 86.9 cm³/mol. The molecule has 1 aliphatic rings. The highest BCUT2D eigenvalue weighted by Gasteiger charge is 2.60. The number of nitrogens with zero attached hydrogens (tertiary/aromatic N) is 1. The Bertz CT molecular complexity index is 541. The molecule has 0 aromatic heterocycles. The van der Waals surface area contributed by atoms with E-state index < -0.39 is 11.8 Å². The molecule has 5 heteroatoms. The summed E-state index contributed by atoms with van der Waals surface area (Å²) in [5.41, 5.74) is 1.06. The Morgan fingerprint density at radius 1 is 0.957 bits per heavy atom. The van der Waals surface area contributed by atoms with Crippen molar-refractivity contribution in [2.45, 2.75) is 25.8 Å². The maximum absolute atomic E-state index is 12.3. The number of carbonyl (C=O) groups excluding carboxylic acids is 2. The molecule has 23 heavy (non-hydrogen) atoms. The molecule has 4 atom stereocenters. The van der Waals surface area contributed by atoms with Crippen LogP contribution in [0.3, 0.4) is 0 Å². The number of likely N-dealkylation sites (N-methyl/N-ethyl adjacent to an activating group) is 1. The van der Waals surface area contributed by atoms with Crippen LogP contribution in [-0.4, -0.2) is 50.2 Å². The second kappa shape index (κ2) is 7.59. The Hall–Kier alpha value is -1.88. The Kier molecular flexibility index (Phi) is 5.77. The van der Waals surface area contributed by atoms with Gasteiger partial charge in [-0.2, -0.15) is 0 Å². The van der Waals surface area contributed by atoms with Gasteiger partial charge < -0.3 is 9.47 Å². The van der Waals surface area contributed by atoms with Gasteiger partial charge >= 0.3 is 11.9 Å². The largest absolute Gasteiger partial charge is 0.469 e. The molecule has 0 aliphatic heterocycles. The quantitative estimate of drug-likeness (QED) is 0.751. The zero-order valence-corrected chi connectivity index (χ0v) is 14.2. The number of methoxy groups -OCH3 is 2. The third-order valence-corrected chi connectivity index (χ3v) is 4.87. The van der Waals surface area contributed by atoms with Crippen molar-refractivity contribution in [1.29, 1.82) is 0 Å². The van der Waals surface area contributed by atoms with Crippen LogP contribution in [-0.2, 0) is 19.1 Å². The number of benzene rings is 1. The first-order chi connectivity index (χ1) is 11.1. The van der Waals surface area contributed by atoms with Crippen LogP contribution in [0.4, 0.5) is 0 Å². The van der Waals surface area contributed by atoms with Gasteiger partial charge in [-0.3, -0.25) is 14.5 Å². The number of hydrogen-bond acceptors (Lipinski definition) is 5. The van der Waals surface area contributed by atoms with Crippen molar-refractivity contribution in [2.75, 3.05) is 27.3 Å². The molecule has 1 aromatic carbocycles. The van der Waals surface area contributed by atoms with Crippen molar-refractivity contribution in [3.8, 4) is 0 Å². The number of hydrogen-bond donors (Lipinski definition) is 0. The number of carbonyl (C=O) groups is 2. The van der Waals surface area contributed by atoms with Gasteiger partial charge in [0.1, 0.15) is 0 Å². The highest BCUT2D eigenvalue weighted by molar-refractivity contribution is 5.86. The van der Waals surface area contributed by atoms with E-state index in [0.717, 1.165) is 18.7 Å². The van der Waals surface area contributed by atoms with Gasteiger partial charge in [0.05, 0.1) is 26.1 Å². The summed E-state index contributed by atoms with van der Waals surface area (Å²) in [6.45, 7) is 5.74. The van der Waals surface area contributed by atoms with Gasteiger partial charge in [-0.25, -0.2) is 0 Å². The summed E-state index contributed by atoms with van der Waals surface area (Å²) in [5.74, 6) is -1.74. The Morgan fingerprint density at radius 3 is 1.96 bits per heavy atom. The molecule has 126 valence electrons. The van der Waals surface area contributed by atoms with Crippen LogP contribution in [0, 0.1) is 11.8 Å². The molecule has 0 spiro atoms. The Balaban J connectivity index is 2.44. The SMILES string of the molecule is CCN(CC)[C@@H]1[C@@H](C(=O)OC)[C@H](C(=O)OC)[C@H]1c1ccccc1. The van der Waals surface area contributed by atoms with Crippen LogP contribution in [0.15, 0.2) is 30.3 Å². The molecule has 1 aliphatic carbocycles. The fraction of sp³-hybridized carbons (Fsp3) is 0.556. The molecule has 0 amide bonds. The van der Waals surface area contributed by atoms with E-state index in [1.165, 1.54) is 14.2 Å². The van der Waals surface area contributed by atoms with Crippen molar-refractivity contribution < 1.29 is 19.1 Å². The zero-order valence-electron chi connectivity index (χ0n) is 14.2. The van der Waals surface area contributed by atoms with Gasteiger partial charge in [0.2, 0.25) is 0 Å². The second-order valence-electron chi connectivity index (χ2n) is 5.75. The van der Waals surface area contributed by atoms with Crippen LogP contribution in [0.5, 0.6) is 0 Å². The summed E-state index contributed by atoms with van der Waals surface area (Å²) in [4.78, 5) is 26.8. The van der Waals surface area contributed by atoms with E-state index >= 15 is 0 Å². The molecule has 5 nitrogen and oxygen atoms in total. The molecule has 1 aromatic rings. The van der Waals surface area contributed by atoms with Crippen LogP contribution in [0.1, 0.15) is 25.3 Å². The van der Waals surface area contributed by atoms with Gasteiger partial charge in [0, 0.05) is 12.0 Å². The van der Waals surface area contributed by atoms with E-state index in [1.54, 1.807) is 0 Å². The third-order valence-electron chi connectivity index (χ3n) is 4.87. The molecule has 0 radical (unpaired) electrons. The smallest absolute Gasteiger partial charge is 0.311 e. The number of ether oxygens (including phenoxy) is 2. The molecular formula is C18H25NO4. The Morgan fingerprint density at radius 2 is 1.48 bits per heavy atom. The van der Waals surface area contributed by atoms with Crippen molar-refractivity contribution in [3.05, 3.63) is 35.9 Å². The zero-order chi connectivity index (χ0) is 17.0. The molecule has 0 unspecified atom stereocenters. The first kappa shape index (κ1) is 17.5. The van der Waals surface area contributed by atoms with E-state index in [4.69, 9.17) is 9.47 Å². The average molecular weight is 319 g/mol. The average Bonchev–Trinajstić information content (AvgIpc) is 2.58. The summed E-state index contributed by atoms with van der Waals surface area (Å²) >= 11 is 0. The van der Waals surface area contributed by atoms with E-state index in [-0.39, 0.29) is 23.9 Å². The van der Waals surface area contributed by atoms with Gasteiger partial charge in [-0.15, -0.1) is 0 Å². The summed E-state index contributed by atoms with van der Waals surface area (Å²) < 4.78 is 9.92. The number of esters is 2. The van der Waals surface area contributed by atoms with Gasteiger partial charge in [0.25, 0.3) is 0 Å². The maximum atomic E-state index is 12.3. The van der Waals surface area contributed by atoms with Crippen LogP contribution in [0.25, 0.3) is 0 Å². The lowest BCUT2D eigenvalue weighted by molar-refractivity contribution is -0.175. The fourth-order valence-corrected chi connectivity index (χ4v) is 3.76. The molecule has 0 heterocycles. The third kappa shape index (κ3) is 3.11. The van der Waals surface area contributed by atoms with Gasteiger partial charge in [-0.1, -0.05) is 44.2 Å². The molecule has 2 rings (SSSR count). The standard InChI is InChI=1S/C18H25NO4/c1-5-19(6-2)16-13(12-10-8-7-9-11-12)14(17(20)22-3)15(16)18(21)23-4/h7-11,13-16H,5-6H2,1-4H3/t13-,14-,15+,16+/m1/s1. The van der Waals surface area contributed by atoms with E-state index in [9.17, 15) is 9.59 Å². The van der Waals surface area contributed by atoms with Gasteiger partial charge in [-0.05, 0) is 18.7 Å². The Labute approximate surface area is 137 Å². The molecular weight excluding hydrogens is 294 g/mol. The highest BCUT2D eigenvalue weighted by Crippen LogP contribution is 2.51. The summed E-state index contributed by atoms with van der Waals surface area (Å²) in [6.07, 6.45) is 0. The highest BCUT2D eigenvalue weighted by atomic mass is 16.5. The van der Waals surface area contributed by atoms with Crippen molar-refractivity contribution in [1.82, 2.24) is 4.90 Å². The van der Waals surface area contributed by atoms with Crippen molar-refractivity contribution in [2.24, 2.45) is 11.8 Å². The lowest BCUT2D eigenvalue weighted by atomic mass is 9.57. The monoisotopic (exact) mass is 319 g/mol. The minimum atomic E-state index is -0.500. The molecule has 1 saturated carbocycles. The number of rotatable bonds is 6. The minimum Gasteiger partial charge on any atom is -0.469 e. The molecule has 0 N–H and O–H groups in total. The predicted octanol–water partition coefficient (Wildman–Crippen LogP) is 2.07. The van der Waals surface area contributed by atoms with Gasteiger partial charge in [0.15, 0.2) is 0 Å². The minimum absolute atomic E-state index is 0.0519. The first-order valence-electron chi connectivity index (χ1n) is 8.05. The summed E-state index contributed by atoms with van der Waals surface area (Å²) in [7, 11) is 2.73. The van der Waals surface area contributed by atoms with E-state index in [0.29, 0.717) is 0 Å². The van der Waals surface area contributed by atoms with E-state index in [2.05, 4.69) is 18.7 Å². The normalized spacial score (nSPS) is 26.5. The summed E-state index contributed by atoms with van der Waals surface area (Å²) in [5, 5.41) is 0. The van der Waals surface area contributed by atoms with Crippen LogP contribution in [0.2, 0.25) is 0 Å². The van der Waals surface area contributed by atoms with Crippen LogP contribution >= 0.6 is 0 Å². The lowest BCUT2D eigenvalue weighted by Gasteiger charge is -2.53.